The van der Waals surface area contributed by atoms with Crippen LogP contribution in [0.15, 0.2) is 60.7 Å². The van der Waals surface area contributed by atoms with E-state index in [1.807, 2.05) is 0 Å². The second-order valence-electron chi connectivity index (χ2n) is 5.75. The van der Waals surface area contributed by atoms with Gasteiger partial charge in [-0.15, -0.1) is 0 Å². The zero-order valence-electron chi connectivity index (χ0n) is 14.5. The molecule has 0 unspecified atom stereocenters. The van der Waals surface area contributed by atoms with Crippen LogP contribution in [0.5, 0.6) is 0 Å². The summed E-state index contributed by atoms with van der Waals surface area (Å²) in [5, 5.41) is 29.5. The number of benzene rings is 2. The van der Waals surface area contributed by atoms with E-state index in [-0.39, 0.29) is 11.4 Å². The van der Waals surface area contributed by atoms with Crippen molar-refractivity contribution >= 4 is 35.7 Å². The zero-order valence-corrected chi connectivity index (χ0v) is 14.5. The van der Waals surface area contributed by atoms with Crippen molar-refractivity contribution in [2.75, 3.05) is 0 Å². The molecule has 0 N–H and O–H groups in total. The predicted octanol–water partition coefficient (Wildman–Crippen LogP) is 4.63. The Labute approximate surface area is 159 Å². The predicted molar refractivity (Wildman–Crippen MR) is 106 cm³/mol. The molecule has 0 spiro atoms. The van der Waals surface area contributed by atoms with Gasteiger partial charge in [0.15, 0.2) is 0 Å². The first kappa shape index (κ1) is 18.6. The van der Waals surface area contributed by atoms with Crippen molar-refractivity contribution in [2.45, 2.75) is 0 Å². The summed E-state index contributed by atoms with van der Waals surface area (Å²) in [6, 6.07) is 16.0. The van der Waals surface area contributed by atoms with Gasteiger partial charge in [-0.3, -0.25) is 20.2 Å². The third kappa shape index (κ3) is 4.92. The van der Waals surface area contributed by atoms with Crippen LogP contribution in [0, 0.1) is 20.2 Å². The molecule has 28 heavy (non-hydrogen) atoms. The number of nitro benzene ring substituents is 2. The Balaban J connectivity index is 1.64. The van der Waals surface area contributed by atoms with Crippen molar-refractivity contribution < 1.29 is 9.85 Å². The lowest BCUT2D eigenvalue weighted by Gasteiger charge is -1.96. The molecular weight excluding hydrogens is 360 g/mol. The first-order valence-electron chi connectivity index (χ1n) is 8.20. The topological polar surface area (TPSA) is 112 Å². The van der Waals surface area contributed by atoms with Crippen LogP contribution in [0.1, 0.15) is 22.5 Å². The Morgan fingerprint density at radius 2 is 0.929 bits per heavy atom. The summed E-state index contributed by atoms with van der Waals surface area (Å²) >= 11 is 0. The van der Waals surface area contributed by atoms with Crippen LogP contribution in [-0.2, 0) is 0 Å². The van der Waals surface area contributed by atoms with E-state index >= 15 is 0 Å². The van der Waals surface area contributed by atoms with Gasteiger partial charge in [0.05, 0.1) is 21.2 Å². The molecule has 0 aliphatic rings. The van der Waals surface area contributed by atoms with Crippen molar-refractivity contribution in [1.82, 2.24) is 10.2 Å². The number of nitro groups is 2. The first-order chi connectivity index (χ1) is 13.5. The smallest absolute Gasteiger partial charge is 0.258 e. The van der Waals surface area contributed by atoms with Gasteiger partial charge in [0.1, 0.15) is 0 Å². The maximum atomic E-state index is 10.6. The van der Waals surface area contributed by atoms with Crippen molar-refractivity contribution in [3.63, 3.8) is 0 Å². The van der Waals surface area contributed by atoms with Crippen LogP contribution in [0.3, 0.4) is 0 Å². The average molecular weight is 374 g/mol. The molecule has 0 aliphatic carbocycles. The van der Waals surface area contributed by atoms with E-state index in [1.165, 1.54) is 24.3 Å². The number of nitrogens with zero attached hydrogens (tertiary/aromatic N) is 4. The molecule has 8 heteroatoms. The van der Waals surface area contributed by atoms with Crippen LogP contribution >= 0.6 is 0 Å². The standard InChI is InChI=1S/C20H14N4O4/c25-23(26)19-11-3-15(4-12-19)1-7-17-9-10-18(22-21-17)8-2-16-5-13-20(14-6-16)24(27)28/h1-14H. The van der Waals surface area contributed by atoms with Crippen LogP contribution in [-0.4, -0.2) is 20.0 Å². The Morgan fingerprint density at radius 1 is 0.571 bits per heavy atom. The molecule has 3 aromatic rings. The fourth-order valence-electron chi connectivity index (χ4n) is 2.31. The van der Waals surface area contributed by atoms with E-state index in [2.05, 4.69) is 10.2 Å². The molecule has 8 nitrogen and oxygen atoms in total. The van der Waals surface area contributed by atoms with E-state index in [0.717, 1.165) is 11.1 Å². The van der Waals surface area contributed by atoms with Gasteiger partial charge in [0, 0.05) is 24.3 Å². The molecule has 138 valence electrons. The molecule has 1 heterocycles. The Kier molecular flexibility index (Phi) is 5.61. The van der Waals surface area contributed by atoms with Gasteiger partial charge in [0.25, 0.3) is 11.4 Å². The summed E-state index contributed by atoms with van der Waals surface area (Å²) in [4.78, 5) is 20.4. The van der Waals surface area contributed by atoms with E-state index < -0.39 is 9.85 Å². The number of aromatic nitrogens is 2. The number of non-ortho nitro benzene ring substituents is 2. The molecule has 0 atom stereocenters. The number of hydrogen-bond acceptors (Lipinski definition) is 6. The zero-order chi connectivity index (χ0) is 19.9. The molecule has 1 aromatic heterocycles. The van der Waals surface area contributed by atoms with Gasteiger partial charge >= 0.3 is 0 Å². The third-order valence-corrected chi connectivity index (χ3v) is 3.81. The van der Waals surface area contributed by atoms with E-state index in [4.69, 9.17) is 0 Å². The Bertz CT molecular complexity index is 955. The fourth-order valence-corrected chi connectivity index (χ4v) is 2.31. The second-order valence-corrected chi connectivity index (χ2v) is 5.75. The molecule has 0 amide bonds. The van der Waals surface area contributed by atoms with Gasteiger partial charge in [-0.25, -0.2) is 0 Å². The molecule has 0 saturated carbocycles. The third-order valence-electron chi connectivity index (χ3n) is 3.81. The van der Waals surface area contributed by atoms with Crippen molar-refractivity contribution in [2.24, 2.45) is 0 Å². The maximum absolute atomic E-state index is 10.6. The summed E-state index contributed by atoms with van der Waals surface area (Å²) in [5.74, 6) is 0. The second kappa shape index (κ2) is 8.45. The largest absolute Gasteiger partial charge is 0.269 e. The van der Waals surface area contributed by atoms with Crippen molar-refractivity contribution in [3.05, 3.63) is 103 Å². The lowest BCUT2D eigenvalue weighted by molar-refractivity contribution is -0.385. The highest BCUT2D eigenvalue weighted by molar-refractivity contribution is 5.70. The monoisotopic (exact) mass is 374 g/mol. The lowest BCUT2D eigenvalue weighted by atomic mass is 10.1. The average Bonchev–Trinajstić information content (AvgIpc) is 2.72. The number of rotatable bonds is 6. The van der Waals surface area contributed by atoms with E-state index in [1.54, 1.807) is 60.7 Å². The van der Waals surface area contributed by atoms with Gasteiger partial charge in [0.2, 0.25) is 0 Å². The summed E-state index contributed by atoms with van der Waals surface area (Å²) < 4.78 is 0. The highest BCUT2D eigenvalue weighted by atomic mass is 16.6. The molecule has 2 aromatic carbocycles. The SMILES string of the molecule is O=[N+]([O-])c1ccc(C=Cc2ccc(C=Cc3ccc([N+](=O)[O-])cc3)nn2)cc1. The van der Waals surface area contributed by atoms with Crippen molar-refractivity contribution in [3.8, 4) is 0 Å². The minimum atomic E-state index is -0.443. The normalized spacial score (nSPS) is 11.1. The lowest BCUT2D eigenvalue weighted by Crippen LogP contribution is -1.89. The summed E-state index contributed by atoms with van der Waals surface area (Å²) in [7, 11) is 0. The molecular formula is C20H14N4O4. The summed E-state index contributed by atoms with van der Waals surface area (Å²) in [6.07, 6.45) is 7.11. The van der Waals surface area contributed by atoms with Crippen LogP contribution < -0.4 is 0 Å². The quantitative estimate of drug-likeness (QED) is 0.459. The summed E-state index contributed by atoms with van der Waals surface area (Å²) in [5.41, 5.74) is 3.00. The fraction of sp³-hybridized carbons (Fsp3) is 0. The van der Waals surface area contributed by atoms with Gasteiger partial charge in [-0.2, -0.15) is 10.2 Å². The molecule has 0 aliphatic heterocycles. The molecule has 0 saturated heterocycles. The van der Waals surface area contributed by atoms with E-state index in [0.29, 0.717) is 11.4 Å². The minimum Gasteiger partial charge on any atom is -0.258 e. The highest BCUT2D eigenvalue weighted by Crippen LogP contribution is 2.15. The van der Waals surface area contributed by atoms with Gasteiger partial charge in [-0.1, -0.05) is 12.2 Å². The van der Waals surface area contributed by atoms with Crippen LogP contribution in [0.4, 0.5) is 11.4 Å². The van der Waals surface area contributed by atoms with Crippen molar-refractivity contribution in [1.29, 1.82) is 0 Å². The number of hydrogen-bond donors (Lipinski definition) is 0. The maximum Gasteiger partial charge on any atom is 0.269 e. The van der Waals surface area contributed by atoms with Gasteiger partial charge in [-0.05, 0) is 59.7 Å². The molecule has 0 fully saturated rings. The van der Waals surface area contributed by atoms with E-state index in [9.17, 15) is 20.2 Å². The van der Waals surface area contributed by atoms with Crippen LogP contribution in [0.25, 0.3) is 24.3 Å². The Morgan fingerprint density at radius 3 is 1.21 bits per heavy atom. The first-order valence-corrected chi connectivity index (χ1v) is 8.20. The molecule has 0 radical (unpaired) electrons. The Hall–Kier alpha value is -4.20. The summed E-state index contributed by atoms with van der Waals surface area (Å²) in [6.45, 7) is 0. The minimum absolute atomic E-state index is 0.0427. The highest BCUT2D eigenvalue weighted by Gasteiger charge is 2.03. The van der Waals surface area contributed by atoms with Gasteiger partial charge < -0.3 is 0 Å². The molecule has 0 bridgehead atoms. The molecule has 3 rings (SSSR count). The van der Waals surface area contributed by atoms with Crippen LogP contribution in [0.2, 0.25) is 0 Å².